The molecule has 0 bridgehead atoms. The van der Waals surface area contributed by atoms with Gasteiger partial charge in [0.25, 0.3) is 0 Å². The number of unbranched alkanes of at least 4 members (excludes halogenated alkanes) is 14. The highest BCUT2D eigenvalue weighted by atomic mass is 16.6. The fourth-order valence-electron chi connectivity index (χ4n) is 5.65. The zero-order valence-corrected chi connectivity index (χ0v) is 34.0. The molecule has 0 saturated heterocycles. The van der Waals surface area contributed by atoms with Gasteiger partial charge in [0.1, 0.15) is 12.6 Å². The van der Waals surface area contributed by atoms with E-state index in [1.54, 1.807) is 21.1 Å². The first-order valence-electron chi connectivity index (χ1n) is 20.7. The van der Waals surface area contributed by atoms with E-state index in [1.165, 1.54) is 57.8 Å². The molecular formula is C44H77NO7. The summed E-state index contributed by atoms with van der Waals surface area (Å²) in [5.74, 6) is -1.82. The van der Waals surface area contributed by atoms with Gasteiger partial charge in [-0.05, 0) is 64.2 Å². The highest BCUT2D eigenvalue weighted by molar-refractivity contribution is 5.70. The Morgan fingerprint density at radius 1 is 0.577 bits per heavy atom. The monoisotopic (exact) mass is 732 g/mol. The fourth-order valence-corrected chi connectivity index (χ4v) is 5.65. The van der Waals surface area contributed by atoms with E-state index in [2.05, 4.69) is 62.5 Å². The molecule has 0 aliphatic heterocycles. The van der Waals surface area contributed by atoms with E-state index in [4.69, 9.17) is 14.2 Å². The number of quaternary nitrogens is 1. The van der Waals surface area contributed by atoms with Crippen molar-refractivity contribution in [2.75, 3.05) is 41.0 Å². The van der Waals surface area contributed by atoms with Crippen LogP contribution in [-0.2, 0) is 28.6 Å². The van der Waals surface area contributed by atoms with Gasteiger partial charge in [0.2, 0.25) is 0 Å². The molecule has 0 saturated carbocycles. The first-order chi connectivity index (χ1) is 25.1. The van der Waals surface area contributed by atoms with E-state index >= 15 is 0 Å². The summed E-state index contributed by atoms with van der Waals surface area (Å²) in [5.41, 5.74) is 0. The van der Waals surface area contributed by atoms with E-state index in [0.29, 0.717) is 12.8 Å². The van der Waals surface area contributed by atoms with Crippen molar-refractivity contribution in [2.45, 2.75) is 174 Å². The first-order valence-corrected chi connectivity index (χ1v) is 20.7. The molecule has 0 amide bonds. The third-order valence-electron chi connectivity index (χ3n) is 8.94. The van der Waals surface area contributed by atoms with Crippen molar-refractivity contribution in [1.82, 2.24) is 0 Å². The Labute approximate surface area is 318 Å². The number of hydrogen-bond donors (Lipinski definition) is 0. The Balaban J connectivity index is 4.46. The summed E-state index contributed by atoms with van der Waals surface area (Å²) in [6.45, 7) is 4.54. The molecule has 0 aromatic carbocycles. The second-order valence-corrected chi connectivity index (χ2v) is 14.9. The van der Waals surface area contributed by atoms with Gasteiger partial charge in [-0.1, -0.05) is 127 Å². The number of carboxylic acids is 1. The van der Waals surface area contributed by atoms with Crippen LogP contribution in [0.15, 0.2) is 48.6 Å². The van der Waals surface area contributed by atoms with Gasteiger partial charge in [-0.15, -0.1) is 0 Å². The molecule has 0 aromatic heterocycles. The minimum absolute atomic E-state index is 0.0207. The molecule has 0 aromatic rings. The third-order valence-corrected chi connectivity index (χ3v) is 8.94. The van der Waals surface area contributed by atoms with Crippen molar-refractivity contribution in [1.29, 1.82) is 0 Å². The quantitative estimate of drug-likeness (QED) is 0.0274. The number of ether oxygens (including phenoxy) is 3. The summed E-state index contributed by atoms with van der Waals surface area (Å²) < 4.78 is 17.0. The Hall–Kier alpha value is -2.71. The maximum Gasteiger partial charge on any atom is 0.306 e. The van der Waals surface area contributed by atoms with E-state index in [0.717, 1.165) is 64.2 Å². The molecule has 0 radical (unpaired) electrons. The maximum atomic E-state index is 12.6. The molecule has 0 rings (SSSR count). The van der Waals surface area contributed by atoms with Gasteiger partial charge in [0.05, 0.1) is 40.3 Å². The topological polar surface area (TPSA) is 102 Å². The average Bonchev–Trinajstić information content (AvgIpc) is 3.09. The molecule has 0 fully saturated rings. The van der Waals surface area contributed by atoms with E-state index in [9.17, 15) is 19.5 Å². The summed E-state index contributed by atoms with van der Waals surface area (Å²) in [7, 11) is 5.38. The van der Waals surface area contributed by atoms with Crippen LogP contribution in [0, 0.1) is 0 Å². The number of allylic oxidation sites excluding steroid dienone is 8. The van der Waals surface area contributed by atoms with Crippen molar-refractivity contribution in [3.8, 4) is 0 Å². The van der Waals surface area contributed by atoms with Crippen molar-refractivity contribution >= 4 is 17.9 Å². The van der Waals surface area contributed by atoms with Gasteiger partial charge in [0, 0.05) is 19.3 Å². The molecule has 2 unspecified atom stereocenters. The molecular weight excluding hydrogens is 654 g/mol. The Kier molecular flexibility index (Phi) is 33.5. The number of carbonyl (C=O) groups excluding carboxylic acids is 3. The normalized spacial score (nSPS) is 13.5. The highest BCUT2D eigenvalue weighted by Crippen LogP contribution is 2.12. The van der Waals surface area contributed by atoms with E-state index in [1.807, 2.05) is 0 Å². The molecule has 8 heteroatoms. The van der Waals surface area contributed by atoms with Crippen LogP contribution in [-0.4, -0.2) is 75.5 Å². The largest absolute Gasteiger partial charge is 0.544 e. The Bertz CT molecular complexity index is 995. The summed E-state index contributed by atoms with van der Waals surface area (Å²) in [4.78, 5) is 36.7. The lowest BCUT2D eigenvalue weighted by Crippen LogP contribution is -2.55. The first kappa shape index (κ1) is 49.3. The molecule has 0 heterocycles. The lowest BCUT2D eigenvalue weighted by Gasteiger charge is -2.34. The van der Waals surface area contributed by atoms with E-state index in [-0.39, 0.29) is 49.1 Å². The number of nitrogens with zero attached hydrogens (tertiary/aromatic N) is 1. The molecule has 0 spiro atoms. The fraction of sp³-hybridized carbons (Fsp3) is 0.750. The zero-order chi connectivity index (χ0) is 38.5. The summed E-state index contributed by atoms with van der Waals surface area (Å²) in [5, 5.41) is 11.6. The maximum absolute atomic E-state index is 12.6. The number of likely N-dealkylation sites (N-methyl/N-ethyl adjacent to an activating group) is 1. The minimum atomic E-state index is -1.13. The van der Waals surface area contributed by atoms with Gasteiger partial charge < -0.3 is 28.6 Å². The summed E-state index contributed by atoms with van der Waals surface area (Å²) >= 11 is 0. The molecule has 0 aliphatic rings. The van der Waals surface area contributed by atoms with Crippen LogP contribution < -0.4 is 5.11 Å². The van der Waals surface area contributed by atoms with Gasteiger partial charge in [-0.3, -0.25) is 9.59 Å². The van der Waals surface area contributed by atoms with Crippen molar-refractivity contribution in [2.24, 2.45) is 0 Å². The number of esters is 2. The molecule has 0 N–H and O–H groups in total. The average molecular weight is 732 g/mol. The van der Waals surface area contributed by atoms with Crippen LogP contribution in [0.4, 0.5) is 0 Å². The second-order valence-electron chi connectivity index (χ2n) is 14.9. The van der Waals surface area contributed by atoms with Crippen LogP contribution in [0.25, 0.3) is 0 Å². The Morgan fingerprint density at radius 3 is 1.63 bits per heavy atom. The molecule has 0 aliphatic carbocycles. The summed E-state index contributed by atoms with van der Waals surface area (Å²) in [6.07, 6.45) is 40.0. The van der Waals surface area contributed by atoms with Crippen molar-refractivity contribution in [3.63, 3.8) is 0 Å². The van der Waals surface area contributed by atoms with Crippen LogP contribution >= 0.6 is 0 Å². The number of carboxylic acid groups (broad SMARTS) is 1. The number of aliphatic carboxylic acids is 1. The number of carbonyl (C=O) groups is 3. The third kappa shape index (κ3) is 33.1. The van der Waals surface area contributed by atoms with Gasteiger partial charge >= 0.3 is 11.9 Å². The smallest absolute Gasteiger partial charge is 0.306 e. The predicted molar refractivity (Wildman–Crippen MR) is 213 cm³/mol. The second kappa shape index (κ2) is 35.3. The Morgan fingerprint density at radius 2 is 1.06 bits per heavy atom. The highest BCUT2D eigenvalue weighted by Gasteiger charge is 2.25. The predicted octanol–water partition coefficient (Wildman–Crippen LogP) is 9.52. The van der Waals surface area contributed by atoms with Crippen LogP contribution in [0.1, 0.15) is 162 Å². The molecule has 300 valence electrons. The minimum Gasteiger partial charge on any atom is -0.544 e. The molecule has 2 atom stereocenters. The van der Waals surface area contributed by atoms with Crippen molar-refractivity contribution < 1.29 is 38.2 Å². The standard InChI is InChI=1S/C44H77NO7/c1-6-8-10-12-14-16-18-19-20-21-22-23-25-26-28-30-32-34-42(46)51-39-40(38-50-37-36-41(44(48)49)45(3,4)5)52-43(47)35-33-31-29-27-24-17-15-13-11-9-7-2/h13,15,19-20,22-23,26,28,40-41H,6-12,14,16-18,21,24-25,27,29-39H2,1-5H3/b15-13+,20-19+,23-22+,28-26+. The summed E-state index contributed by atoms with van der Waals surface area (Å²) in [6, 6.07) is -0.734. The van der Waals surface area contributed by atoms with Crippen LogP contribution in [0.2, 0.25) is 0 Å². The SMILES string of the molecule is CCCC/C=C/CCCCCCCC(=O)OC(COCCC(C(=O)[O-])[N+](C)(C)C)COC(=O)CCC/C=C/C/C=C/C/C=C/CCCCCCCC. The lowest BCUT2D eigenvalue weighted by molar-refractivity contribution is -0.889. The van der Waals surface area contributed by atoms with E-state index < -0.39 is 18.1 Å². The van der Waals surface area contributed by atoms with Gasteiger partial charge in [-0.2, -0.15) is 0 Å². The molecule has 8 nitrogen and oxygen atoms in total. The lowest BCUT2D eigenvalue weighted by atomic mass is 10.1. The van der Waals surface area contributed by atoms with Crippen LogP contribution in [0.3, 0.4) is 0 Å². The van der Waals surface area contributed by atoms with Crippen molar-refractivity contribution in [3.05, 3.63) is 48.6 Å². The van der Waals surface area contributed by atoms with Gasteiger partial charge in [0.15, 0.2) is 6.10 Å². The van der Waals surface area contributed by atoms with Gasteiger partial charge in [-0.25, -0.2) is 0 Å². The number of hydrogen-bond acceptors (Lipinski definition) is 7. The van der Waals surface area contributed by atoms with Crippen LogP contribution in [0.5, 0.6) is 0 Å². The molecule has 52 heavy (non-hydrogen) atoms. The number of rotatable bonds is 36. The zero-order valence-electron chi connectivity index (χ0n) is 34.0.